The summed E-state index contributed by atoms with van der Waals surface area (Å²) in [5, 5.41) is 2.62. The molecule has 1 saturated heterocycles. The summed E-state index contributed by atoms with van der Waals surface area (Å²) in [6, 6.07) is 6.77. The first-order valence-corrected chi connectivity index (χ1v) is 6.95. The van der Waals surface area contributed by atoms with Crippen LogP contribution in [0.15, 0.2) is 24.3 Å². The molecule has 1 unspecified atom stereocenters. The van der Waals surface area contributed by atoms with Crippen LogP contribution in [0.5, 0.6) is 0 Å². The fraction of sp³-hybridized carbons (Fsp3) is 0.467. The van der Waals surface area contributed by atoms with Crippen LogP contribution in [0.3, 0.4) is 0 Å². The van der Waals surface area contributed by atoms with Crippen LogP contribution >= 0.6 is 0 Å². The van der Waals surface area contributed by atoms with Gasteiger partial charge in [-0.05, 0) is 25.3 Å². The number of amides is 2. The van der Waals surface area contributed by atoms with Crippen LogP contribution < -0.4 is 11.1 Å². The molecule has 0 spiro atoms. The van der Waals surface area contributed by atoms with E-state index in [1.807, 2.05) is 31.2 Å². The molecule has 0 aromatic heterocycles. The Hall–Kier alpha value is -1.88. The fourth-order valence-electron chi connectivity index (χ4n) is 2.28. The monoisotopic (exact) mass is 275 g/mol. The zero-order valence-electron chi connectivity index (χ0n) is 11.8. The van der Waals surface area contributed by atoms with Crippen molar-refractivity contribution in [1.82, 2.24) is 10.2 Å². The largest absolute Gasteiger partial charge is 0.345 e. The van der Waals surface area contributed by atoms with Gasteiger partial charge in [0.25, 0.3) is 0 Å². The third kappa shape index (κ3) is 3.57. The summed E-state index contributed by atoms with van der Waals surface area (Å²) in [7, 11) is 0. The molecule has 1 fully saturated rings. The standard InChI is InChI=1S/C15H21N3O2/c1-11-4-6-12(7-5-11)14(16)15(20)17-10-13(19)18-8-2-3-9-18/h4-7,14H,2-3,8-10,16H2,1H3,(H,17,20). The Morgan fingerprint density at radius 2 is 1.85 bits per heavy atom. The quantitative estimate of drug-likeness (QED) is 0.850. The predicted molar refractivity (Wildman–Crippen MR) is 76.9 cm³/mol. The maximum absolute atomic E-state index is 11.9. The highest BCUT2D eigenvalue weighted by molar-refractivity contribution is 5.88. The number of carbonyl (C=O) groups excluding carboxylic acids is 2. The molecule has 0 saturated carbocycles. The van der Waals surface area contributed by atoms with Crippen molar-refractivity contribution in [3.05, 3.63) is 35.4 Å². The third-order valence-corrected chi connectivity index (χ3v) is 3.59. The van der Waals surface area contributed by atoms with E-state index >= 15 is 0 Å². The number of nitrogens with two attached hydrogens (primary N) is 1. The van der Waals surface area contributed by atoms with E-state index in [9.17, 15) is 9.59 Å². The minimum Gasteiger partial charge on any atom is -0.345 e. The second-order valence-electron chi connectivity index (χ2n) is 5.19. The summed E-state index contributed by atoms with van der Waals surface area (Å²) < 4.78 is 0. The third-order valence-electron chi connectivity index (χ3n) is 3.59. The highest BCUT2D eigenvalue weighted by Gasteiger charge is 2.20. The molecule has 5 nitrogen and oxygen atoms in total. The molecular weight excluding hydrogens is 254 g/mol. The van der Waals surface area contributed by atoms with Gasteiger partial charge in [0.05, 0.1) is 6.54 Å². The van der Waals surface area contributed by atoms with E-state index in [4.69, 9.17) is 5.73 Å². The number of carbonyl (C=O) groups is 2. The lowest BCUT2D eigenvalue weighted by Gasteiger charge is -2.17. The van der Waals surface area contributed by atoms with Crippen LogP contribution in [0.4, 0.5) is 0 Å². The lowest BCUT2D eigenvalue weighted by atomic mass is 10.1. The molecule has 1 aromatic carbocycles. The molecule has 1 aliphatic rings. The average molecular weight is 275 g/mol. The Labute approximate surface area is 119 Å². The first-order chi connectivity index (χ1) is 9.58. The zero-order valence-corrected chi connectivity index (χ0v) is 11.8. The van der Waals surface area contributed by atoms with Crippen molar-refractivity contribution in [2.45, 2.75) is 25.8 Å². The topological polar surface area (TPSA) is 75.4 Å². The van der Waals surface area contributed by atoms with Crippen molar-refractivity contribution in [1.29, 1.82) is 0 Å². The van der Waals surface area contributed by atoms with E-state index in [1.165, 1.54) is 0 Å². The van der Waals surface area contributed by atoms with E-state index in [1.54, 1.807) is 4.90 Å². The van der Waals surface area contributed by atoms with Crippen LogP contribution in [0, 0.1) is 6.92 Å². The molecule has 5 heteroatoms. The van der Waals surface area contributed by atoms with Gasteiger partial charge in [-0.1, -0.05) is 29.8 Å². The van der Waals surface area contributed by atoms with Crippen LogP contribution in [0.1, 0.15) is 30.0 Å². The first kappa shape index (κ1) is 14.5. The summed E-state index contributed by atoms with van der Waals surface area (Å²) in [5.41, 5.74) is 7.76. The maximum Gasteiger partial charge on any atom is 0.241 e. The number of aryl methyl sites for hydroxylation is 1. The van der Waals surface area contributed by atoms with Gasteiger partial charge in [-0.3, -0.25) is 9.59 Å². The Morgan fingerprint density at radius 1 is 1.25 bits per heavy atom. The van der Waals surface area contributed by atoms with Gasteiger partial charge in [0.15, 0.2) is 0 Å². The number of hydrogen-bond donors (Lipinski definition) is 2. The van der Waals surface area contributed by atoms with Crippen LogP contribution in [0.2, 0.25) is 0 Å². The van der Waals surface area contributed by atoms with Crippen LogP contribution in [-0.2, 0) is 9.59 Å². The van der Waals surface area contributed by atoms with E-state index in [0.717, 1.165) is 37.1 Å². The number of rotatable bonds is 4. The second kappa shape index (κ2) is 6.52. The van der Waals surface area contributed by atoms with Crippen LogP contribution in [-0.4, -0.2) is 36.3 Å². The van der Waals surface area contributed by atoms with Gasteiger partial charge >= 0.3 is 0 Å². The minimum atomic E-state index is -0.734. The van der Waals surface area contributed by atoms with Gasteiger partial charge < -0.3 is 16.0 Å². The van der Waals surface area contributed by atoms with Crippen molar-refractivity contribution in [2.24, 2.45) is 5.73 Å². The molecule has 2 amide bonds. The van der Waals surface area contributed by atoms with Gasteiger partial charge in [-0.15, -0.1) is 0 Å². The molecule has 1 atom stereocenters. The van der Waals surface area contributed by atoms with Crippen molar-refractivity contribution in [3.8, 4) is 0 Å². The SMILES string of the molecule is Cc1ccc(C(N)C(=O)NCC(=O)N2CCCC2)cc1. The van der Waals surface area contributed by atoms with Crippen molar-refractivity contribution in [3.63, 3.8) is 0 Å². The fourth-order valence-corrected chi connectivity index (χ4v) is 2.28. The van der Waals surface area contributed by atoms with Gasteiger partial charge in [0, 0.05) is 13.1 Å². The Balaban J connectivity index is 1.84. The van der Waals surface area contributed by atoms with E-state index < -0.39 is 6.04 Å². The second-order valence-corrected chi connectivity index (χ2v) is 5.19. The molecule has 108 valence electrons. The number of likely N-dealkylation sites (tertiary alicyclic amines) is 1. The molecule has 1 aromatic rings. The Kier molecular flexibility index (Phi) is 4.74. The molecule has 0 bridgehead atoms. The molecule has 3 N–H and O–H groups in total. The molecule has 1 aliphatic heterocycles. The number of nitrogens with one attached hydrogen (secondary N) is 1. The van der Waals surface area contributed by atoms with Gasteiger partial charge in [0.2, 0.25) is 11.8 Å². The van der Waals surface area contributed by atoms with E-state index in [-0.39, 0.29) is 18.4 Å². The molecule has 0 radical (unpaired) electrons. The van der Waals surface area contributed by atoms with Crippen molar-refractivity contribution < 1.29 is 9.59 Å². The number of benzene rings is 1. The van der Waals surface area contributed by atoms with Gasteiger partial charge in [0.1, 0.15) is 6.04 Å². The molecule has 0 aliphatic carbocycles. The Bertz CT molecular complexity index is 478. The zero-order chi connectivity index (χ0) is 14.5. The summed E-state index contributed by atoms with van der Waals surface area (Å²) >= 11 is 0. The minimum absolute atomic E-state index is 0.0262. The van der Waals surface area contributed by atoms with Crippen LogP contribution in [0.25, 0.3) is 0 Å². The lowest BCUT2D eigenvalue weighted by molar-refractivity contribution is -0.132. The molecular formula is C15H21N3O2. The molecule has 1 heterocycles. The summed E-state index contributed by atoms with van der Waals surface area (Å²) in [4.78, 5) is 25.5. The highest BCUT2D eigenvalue weighted by Crippen LogP contribution is 2.11. The Morgan fingerprint density at radius 3 is 2.45 bits per heavy atom. The van der Waals surface area contributed by atoms with E-state index in [0.29, 0.717) is 0 Å². The lowest BCUT2D eigenvalue weighted by Crippen LogP contribution is -2.42. The van der Waals surface area contributed by atoms with Crippen molar-refractivity contribution >= 4 is 11.8 Å². The normalized spacial score (nSPS) is 16.0. The van der Waals surface area contributed by atoms with Crippen molar-refractivity contribution in [2.75, 3.05) is 19.6 Å². The molecule has 20 heavy (non-hydrogen) atoms. The van der Waals surface area contributed by atoms with Gasteiger partial charge in [-0.2, -0.15) is 0 Å². The highest BCUT2D eigenvalue weighted by atomic mass is 16.2. The summed E-state index contributed by atoms with van der Waals surface area (Å²) in [6.45, 7) is 3.58. The number of nitrogens with zero attached hydrogens (tertiary/aromatic N) is 1. The maximum atomic E-state index is 11.9. The smallest absolute Gasteiger partial charge is 0.241 e. The van der Waals surface area contributed by atoms with E-state index in [2.05, 4.69) is 5.32 Å². The number of hydrogen-bond acceptors (Lipinski definition) is 3. The average Bonchev–Trinajstić information content (AvgIpc) is 2.98. The predicted octanol–water partition coefficient (Wildman–Crippen LogP) is 0.733. The molecule has 2 rings (SSSR count). The first-order valence-electron chi connectivity index (χ1n) is 6.95. The summed E-state index contributed by atoms with van der Waals surface area (Å²) in [6.07, 6.45) is 2.09. The summed E-state index contributed by atoms with van der Waals surface area (Å²) in [5.74, 6) is -0.353. The van der Waals surface area contributed by atoms with Gasteiger partial charge in [-0.25, -0.2) is 0 Å².